The molecule has 0 aromatic heterocycles. The summed E-state index contributed by atoms with van der Waals surface area (Å²) in [4.78, 5) is 0. The lowest BCUT2D eigenvalue weighted by Gasteiger charge is -2.05. The van der Waals surface area contributed by atoms with E-state index in [4.69, 9.17) is 0 Å². The summed E-state index contributed by atoms with van der Waals surface area (Å²) in [6, 6.07) is 0. The van der Waals surface area contributed by atoms with Gasteiger partial charge in [-0.25, -0.2) is 8.37 Å². The van der Waals surface area contributed by atoms with Gasteiger partial charge in [-0.15, -0.1) is 0 Å². The number of hydrogen-bond acceptors (Lipinski definition) is 4. The van der Waals surface area contributed by atoms with Crippen LogP contribution in [0.1, 0.15) is 26.7 Å². The first-order valence-corrected chi connectivity index (χ1v) is 4.94. The summed E-state index contributed by atoms with van der Waals surface area (Å²) in [6.45, 7) is 3.44. The van der Waals surface area contributed by atoms with Crippen molar-refractivity contribution >= 4 is 10.4 Å². The smallest absolute Gasteiger partial charge is 0.245 e. The largest absolute Gasteiger partial charge is 0.400 e. The zero-order chi connectivity index (χ0) is 8.48. The molecule has 2 atom stereocenters. The topological polar surface area (TPSA) is 52.6 Å². The Morgan fingerprint density at radius 2 is 1.45 bits per heavy atom. The van der Waals surface area contributed by atoms with Crippen LogP contribution < -0.4 is 0 Å². The Morgan fingerprint density at radius 1 is 1.09 bits per heavy atom. The van der Waals surface area contributed by atoms with E-state index in [1.54, 1.807) is 13.8 Å². The molecule has 1 aliphatic heterocycles. The molecule has 0 N–H and O–H groups in total. The van der Waals surface area contributed by atoms with Crippen molar-refractivity contribution in [2.24, 2.45) is 0 Å². The average Bonchev–Trinajstić information content (AvgIpc) is 1.89. The second-order valence-corrected chi connectivity index (χ2v) is 4.00. The van der Waals surface area contributed by atoms with E-state index in [-0.39, 0.29) is 12.2 Å². The highest BCUT2D eigenvalue weighted by Gasteiger charge is 2.24. The van der Waals surface area contributed by atoms with E-state index in [1.165, 1.54) is 0 Å². The Hall–Kier alpha value is -0.130. The molecule has 66 valence electrons. The van der Waals surface area contributed by atoms with Gasteiger partial charge in [0.1, 0.15) is 0 Å². The molecule has 11 heavy (non-hydrogen) atoms. The van der Waals surface area contributed by atoms with Crippen LogP contribution in [0.25, 0.3) is 0 Å². The summed E-state index contributed by atoms with van der Waals surface area (Å²) in [7, 11) is -3.72. The first kappa shape index (κ1) is 8.96. The molecular formula is C6H12O4S. The quantitative estimate of drug-likeness (QED) is 0.554. The molecule has 4 nitrogen and oxygen atoms in total. The van der Waals surface area contributed by atoms with Crippen molar-refractivity contribution in [3.8, 4) is 0 Å². The van der Waals surface area contributed by atoms with Crippen LogP contribution in [0.3, 0.4) is 0 Å². The van der Waals surface area contributed by atoms with Crippen LogP contribution in [0.2, 0.25) is 0 Å². The first-order valence-electron chi connectivity index (χ1n) is 3.61. The maximum atomic E-state index is 10.8. The van der Waals surface area contributed by atoms with E-state index in [0.29, 0.717) is 0 Å². The lowest BCUT2D eigenvalue weighted by molar-refractivity contribution is 0.177. The minimum Gasteiger partial charge on any atom is -0.245 e. The van der Waals surface area contributed by atoms with Gasteiger partial charge in [-0.2, -0.15) is 8.42 Å². The number of hydrogen-bond donors (Lipinski definition) is 0. The van der Waals surface area contributed by atoms with Crippen LogP contribution in [0, 0.1) is 0 Å². The lowest BCUT2D eigenvalue weighted by Crippen LogP contribution is -2.15. The highest BCUT2D eigenvalue weighted by molar-refractivity contribution is 7.81. The SMILES string of the molecule is C[C@@H]1CC[C@@H](C)OS(=O)(=O)O1. The molecule has 0 saturated carbocycles. The van der Waals surface area contributed by atoms with Gasteiger partial charge in [-0.05, 0) is 26.7 Å². The van der Waals surface area contributed by atoms with Crippen LogP contribution in [-0.4, -0.2) is 20.6 Å². The third-order valence-corrected chi connectivity index (χ3v) is 2.67. The summed E-state index contributed by atoms with van der Waals surface area (Å²) in [6.07, 6.45) is 0.927. The lowest BCUT2D eigenvalue weighted by atomic mass is 10.1. The van der Waals surface area contributed by atoms with Gasteiger partial charge >= 0.3 is 10.4 Å². The molecule has 0 radical (unpaired) electrons. The Morgan fingerprint density at radius 3 is 1.82 bits per heavy atom. The summed E-state index contributed by atoms with van der Waals surface area (Å²) in [5.74, 6) is 0. The Bertz CT molecular complexity index is 203. The van der Waals surface area contributed by atoms with Crippen molar-refractivity contribution in [2.75, 3.05) is 0 Å². The van der Waals surface area contributed by atoms with Crippen LogP contribution >= 0.6 is 0 Å². The molecule has 1 fully saturated rings. The van der Waals surface area contributed by atoms with Crippen molar-refractivity contribution in [3.05, 3.63) is 0 Å². The molecule has 1 rings (SSSR count). The monoisotopic (exact) mass is 180 g/mol. The maximum absolute atomic E-state index is 10.8. The molecule has 1 heterocycles. The van der Waals surface area contributed by atoms with Gasteiger partial charge in [-0.1, -0.05) is 0 Å². The Labute approximate surface area is 66.8 Å². The highest BCUT2D eigenvalue weighted by atomic mass is 32.3. The molecule has 0 aromatic rings. The minimum atomic E-state index is -3.72. The molecule has 1 aliphatic rings. The average molecular weight is 180 g/mol. The molecule has 0 amide bonds. The van der Waals surface area contributed by atoms with Gasteiger partial charge in [0.05, 0.1) is 12.2 Å². The first-order chi connectivity index (χ1) is 4.99. The van der Waals surface area contributed by atoms with Crippen LogP contribution in [0.5, 0.6) is 0 Å². The number of rotatable bonds is 0. The molecule has 0 aromatic carbocycles. The second-order valence-electron chi connectivity index (χ2n) is 2.80. The van der Waals surface area contributed by atoms with Crippen molar-refractivity contribution in [3.63, 3.8) is 0 Å². The fraction of sp³-hybridized carbons (Fsp3) is 1.00. The highest BCUT2D eigenvalue weighted by Crippen LogP contribution is 2.17. The van der Waals surface area contributed by atoms with Crippen molar-refractivity contribution < 1.29 is 16.8 Å². The van der Waals surface area contributed by atoms with Gasteiger partial charge in [0.2, 0.25) is 0 Å². The second kappa shape index (κ2) is 3.08. The van der Waals surface area contributed by atoms with E-state index in [1.807, 2.05) is 0 Å². The zero-order valence-electron chi connectivity index (χ0n) is 6.61. The van der Waals surface area contributed by atoms with E-state index >= 15 is 0 Å². The van der Waals surface area contributed by atoms with Gasteiger partial charge in [0.25, 0.3) is 0 Å². The molecule has 0 spiro atoms. The Kier molecular flexibility index (Phi) is 2.51. The zero-order valence-corrected chi connectivity index (χ0v) is 7.43. The van der Waals surface area contributed by atoms with Gasteiger partial charge in [0.15, 0.2) is 0 Å². The Balaban J connectivity index is 2.71. The molecular weight excluding hydrogens is 168 g/mol. The van der Waals surface area contributed by atoms with Crippen LogP contribution in [0.4, 0.5) is 0 Å². The fourth-order valence-electron chi connectivity index (χ4n) is 0.991. The van der Waals surface area contributed by atoms with E-state index in [9.17, 15) is 8.42 Å². The third kappa shape index (κ3) is 2.76. The van der Waals surface area contributed by atoms with E-state index in [0.717, 1.165) is 12.8 Å². The van der Waals surface area contributed by atoms with Crippen molar-refractivity contribution in [2.45, 2.75) is 38.9 Å². The summed E-state index contributed by atoms with van der Waals surface area (Å²) >= 11 is 0. The summed E-state index contributed by atoms with van der Waals surface area (Å²) in [5, 5.41) is 0. The minimum absolute atomic E-state index is 0.259. The van der Waals surface area contributed by atoms with Gasteiger partial charge < -0.3 is 0 Å². The van der Waals surface area contributed by atoms with Crippen LogP contribution in [0.15, 0.2) is 0 Å². The molecule has 0 aliphatic carbocycles. The summed E-state index contributed by atoms with van der Waals surface area (Å²) < 4.78 is 30.9. The molecule has 0 unspecified atom stereocenters. The third-order valence-electron chi connectivity index (χ3n) is 1.54. The van der Waals surface area contributed by atoms with Crippen molar-refractivity contribution in [1.82, 2.24) is 0 Å². The molecule has 1 saturated heterocycles. The fourth-order valence-corrected chi connectivity index (χ4v) is 2.03. The molecule has 0 bridgehead atoms. The predicted molar refractivity (Wildman–Crippen MR) is 39.2 cm³/mol. The van der Waals surface area contributed by atoms with E-state index in [2.05, 4.69) is 8.37 Å². The van der Waals surface area contributed by atoms with Gasteiger partial charge in [-0.3, -0.25) is 0 Å². The molecule has 5 heteroatoms. The maximum Gasteiger partial charge on any atom is 0.400 e. The van der Waals surface area contributed by atoms with Crippen LogP contribution in [-0.2, 0) is 18.8 Å². The predicted octanol–water partition coefficient (Wildman–Crippen LogP) is 0.835. The van der Waals surface area contributed by atoms with Gasteiger partial charge in [0, 0.05) is 0 Å². The standard InChI is InChI=1S/C6H12O4S/c1-5-3-4-6(2)10-11(7,8)9-5/h5-6H,3-4H2,1-2H3/t5-,6-/m1/s1. The van der Waals surface area contributed by atoms with Crippen molar-refractivity contribution in [1.29, 1.82) is 0 Å². The summed E-state index contributed by atoms with van der Waals surface area (Å²) in [5.41, 5.74) is 0. The normalized spacial score (nSPS) is 38.0. The van der Waals surface area contributed by atoms with E-state index < -0.39 is 10.4 Å².